The van der Waals surface area contributed by atoms with Crippen LogP contribution < -0.4 is 16.3 Å². The van der Waals surface area contributed by atoms with Crippen LogP contribution in [-0.4, -0.2) is 48.8 Å². The highest BCUT2D eigenvalue weighted by atomic mass is 32.1. The fraction of sp³-hybridized carbons (Fsp3) is 0.333. The molecular weight excluding hydrogens is 356 g/mol. The lowest BCUT2D eigenvalue weighted by atomic mass is 10.2. The highest BCUT2D eigenvalue weighted by Gasteiger charge is 2.19. The molecule has 2 aromatic heterocycles. The van der Waals surface area contributed by atoms with Crippen LogP contribution in [-0.2, 0) is 22.4 Å². The van der Waals surface area contributed by atoms with Crippen LogP contribution >= 0.6 is 24.4 Å². The maximum Gasteiger partial charge on any atom is 0.349 e. The average Bonchev–Trinajstić information content (AvgIpc) is 3.05. The van der Waals surface area contributed by atoms with Crippen LogP contribution in [0.3, 0.4) is 0 Å². The van der Waals surface area contributed by atoms with Crippen LogP contribution in [0.1, 0.15) is 11.4 Å². The van der Waals surface area contributed by atoms with Crippen molar-refractivity contribution in [2.45, 2.75) is 24.9 Å². The molecule has 0 fully saturated rings. The van der Waals surface area contributed by atoms with Gasteiger partial charge >= 0.3 is 11.9 Å². The Kier molecular flexibility index (Phi) is 5.66. The Hall–Kier alpha value is -2.28. The molecule has 0 saturated carbocycles. The van der Waals surface area contributed by atoms with E-state index in [0.29, 0.717) is 16.2 Å². The number of aromatic nitrogens is 4. The molecule has 2 aromatic rings. The van der Waals surface area contributed by atoms with Gasteiger partial charge in [-0.25, -0.2) is 4.79 Å². The number of hydrogen-bond donors (Lipinski definition) is 6. The first-order chi connectivity index (χ1) is 11.3. The van der Waals surface area contributed by atoms with Crippen molar-refractivity contribution in [1.29, 1.82) is 0 Å². The van der Waals surface area contributed by atoms with E-state index in [1.54, 1.807) is 6.20 Å². The fourth-order valence-electron chi connectivity index (χ4n) is 1.89. The fourth-order valence-corrected chi connectivity index (χ4v) is 2.30. The summed E-state index contributed by atoms with van der Waals surface area (Å²) in [5, 5.41) is 8.79. The summed E-state index contributed by atoms with van der Waals surface area (Å²) in [6, 6.07) is -2.03. The number of carboxylic acids is 1. The molecule has 12 heteroatoms. The molecule has 2 rings (SSSR count). The molecule has 8 N–H and O–H groups in total. The molecule has 0 aliphatic rings. The number of rotatable bonds is 7. The molecule has 2 heterocycles. The minimum Gasteiger partial charge on any atom is -0.480 e. The molecular formula is C12H16N6O4S2. The van der Waals surface area contributed by atoms with E-state index in [1.165, 1.54) is 6.20 Å². The van der Waals surface area contributed by atoms with E-state index in [0.717, 1.165) is 4.73 Å². The van der Waals surface area contributed by atoms with Gasteiger partial charge in [-0.3, -0.25) is 4.79 Å². The number of hydrogen-bond acceptors (Lipinski definition) is 7. The topological polar surface area (TPSA) is 168 Å². The first-order valence-corrected chi connectivity index (χ1v) is 7.61. The lowest BCUT2D eigenvalue weighted by Gasteiger charge is -2.09. The maximum atomic E-state index is 12.0. The summed E-state index contributed by atoms with van der Waals surface area (Å²) in [5.74, 6) is -1.86. The van der Waals surface area contributed by atoms with Crippen LogP contribution in [0.4, 0.5) is 0 Å². The van der Waals surface area contributed by atoms with Gasteiger partial charge in [-0.05, 0) is 24.4 Å². The molecule has 0 aliphatic heterocycles. The van der Waals surface area contributed by atoms with Crippen molar-refractivity contribution in [3.05, 3.63) is 33.3 Å². The van der Waals surface area contributed by atoms with E-state index < -0.39 is 24.0 Å². The number of imidazole rings is 2. The number of aliphatic carboxylic acids is 1. The number of H-pyrrole nitrogens is 3. The van der Waals surface area contributed by atoms with Crippen molar-refractivity contribution in [3.8, 4) is 0 Å². The summed E-state index contributed by atoms with van der Waals surface area (Å²) in [6.45, 7) is 0. The van der Waals surface area contributed by atoms with Gasteiger partial charge in [0.2, 0.25) is 4.77 Å². The molecule has 2 atom stereocenters. The molecule has 0 amide bonds. The maximum absolute atomic E-state index is 12.0. The smallest absolute Gasteiger partial charge is 0.349 e. The molecule has 0 radical (unpaired) electrons. The molecule has 0 saturated heterocycles. The minimum absolute atomic E-state index is 0.00942. The molecule has 0 aliphatic carbocycles. The van der Waals surface area contributed by atoms with Gasteiger partial charge in [-0.1, -0.05) is 0 Å². The zero-order chi connectivity index (χ0) is 17.9. The average molecular weight is 372 g/mol. The molecule has 24 heavy (non-hydrogen) atoms. The number of nitrogens with one attached hydrogen (secondary N) is 3. The summed E-state index contributed by atoms with van der Waals surface area (Å²) in [4.78, 5) is 36.2. The summed E-state index contributed by atoms with van der Waals surface area (Å²) in [5.41, 5.74) is 12.3. The van der Waals surface area contributed by atoms with Gasteiger partial charge in [0, 0.05) is 30.4 Å². The van der Waals surface area contributed by atoms with Crippen LogP contribution in [0.5, 0.6) is 0 Å². The van der Waals surface area contributed by atoms with Crippen molar-refractivity contribution in [2.75, 3.05) is 0 Å². The second-order valence-corrected chi connectivity index (χ2v) is 5.84. The SMILES string of the molecule is N[C@@H](Cc1cn(OC(=O)[C@@H](N)Cc2c[nH]c(=S)[nH]2)c(=S)[nH]1)C(=O)O. The first-order valence-electron chi connectivity index (χ1n) is 6.79. The van der Waals surface area contributed by atoms with Crippen molar-refractivity contribution < 1.29 is 19.5 Å². The Labute approximate surface area is 145 Å². The molecule has 0 bridgehead atoms. The highest BCUT2D eigenvalue weighted by molar-refractivity contribution is 7.71. The Morgan fingerprint density at radius 1 is 1.21 bits per heavy atom. The standard InChI is InChI=1S/C12H16N6O4S2/c13-7(9(19)20)2-6-4-18(12(24)17-6)22-10(21)8(14)1-5-3-15-11(23)16-5/h3-4,7-8H,1-2,13-14H2,(H,17,24)(H,19,20)(H2,15,16,23)/t7-,8-/m0/s1. The second-order valence-electron chi connectivity index (χ2n) is 5.05. The van der Waals surface area contributed by atoms with Gasteiger partial charge in [-0.2, -0.15) is 4.73 Å². The second kappa shape index (κ2) is 7.53. The predicted octanol–water partition coefficient (Wildman–Crippen LogP) is -0.589. The van der Waals surface area contributed by atoms with Crippen molar-refractivity contribution >= 4 is 36.4 Å². The number of carbonyl (C=O) groups excluding carboxylic acids is 1. The monoisotopic (exact) mass is 372 g/mol. The van der Waals surface area contributed by atoms with Crippen molar-refractivity contribution in [2.24, 2.45) is 11.5 Å². The summed E-state index contributed by atoms with van der Waals surface area (Å²) >= 11 is 9.89. The number of nitrogens with zero attached hydrogens (tertiary/aromatic N) is 1. The Morgan fingerprint density at radius 2 is 1.88 bits per heavy atom. The van der Waals surface area contributed by atoms with Gasteiger partial charge in [0.15, 0.2) is 4.77 Å². The zero-order valence-electron chi connectivity index (χ0n) is 12.3. The first kappa shape index (κ1) is 18.1. The lowest BCUT2D eigenvalue weighted by molar-refractivity contribution is -0.146. The third kappa shape index (κ3) is 4.61. The van der Waals surface area contributed by atoms with Crippen molar-refractivity contribution in [1.82, 2.24) is 19.7 Å². The van der Waals surface area contributed by atoms with Crippen LogP contribution in [0, 0.1) is 9.54 Å². The molecule has 130 valence electrons. The number of carbonyl (C=O) groups is 2. The minimum atomic E-state index is -1.15. The van der Waals surface area contributed by atoms with E-state index >= 15 is 0 Å². The Morgan fingerprint density at radius 3 is 2.46 bits per heavy atom. The van der Waals surface area contributed by atoms with Crippen LogP contribution in [0.2, 0.25) is 0 Å². The summed E-state index contributed by atoms with van der Waals surface area (Å²) in [7, 11) is 0. The lowest BCUT2D eigenvalue weighted by Crippen LogP contribution is -2.39. The number of aromatic amines is 3. The number of carboxylic acid groups (broad SMARTS) is 1. The summed E-state index contributed by atoms with van der Waals surface area (Å²) in [6.07, 6.45) is 3.18. The molecule has 0 aromatic carbocycles. The van der Waals surface area contributed by atoms with E-state index in [2.05, 4.69) is 15.0 Å². The Balaban J connectivity index is 2.00. The van der Waals surface area contributed by atoms with Gasteiger partial charge in [0.05, 0.1) is 6.20 Å². The summed E-state index contributed by atoms with van der Waals surface area (Å²) < 4.78 is 1.53. The Bertz CT molecular complexity index is 850. The van der Waals surface area contributed by atoms with Crippen LogP contribution in [0.25, 0.3) is 0 Å². The quantitative estimate of drug-likeness (QED) is 0.351. The van der Waals surface area contributed by atoms with Crippen LogP contribution in [0.15, 0.2) is 12.4 Å². The number of nitrogens with two attached hydrogens (primary N) is 2. The van der Waals surface area contributed by atoms with Gasteiger partial charge < -0.3 is 36.4 Å². The van der Waals surface area contributed by atoms with E-state index in [9.17, 15) is 9.59 Å². The van der Waals surface area contributed by atoms with E-state index in [-0.39, 0.29) is 17.6 Å². The van der Waals surface area contributed by atoms with Gasteiger partial charge in [0.1, 0.15) is 12.1 Å². The van der Waals surface area contributed by atoms with E-state index in [1.807, 2.05) is 0 Å². The third-order valence-corrected chi connectivity index (χ3v) is 3.58. The molecule has 0 spiro atoms. The molecule has 10 nitrogen and oxygen atoms in total. The predicted molar refractivity (Wildman–Crippen MR) is 88.2 cm³/mol. The largest absolute Gasteiger partial charge is 0.480 e. The normalized spacial score (nSPS) is 13.4. The third-order valence-electron chi connectivity index (χ3n) is 3.08. The molecule has 0 unspecified atom stereocenters. The van der Waals surface area contributed by atoms with Gasteiger partial charge in [0.25, 0.3) is 0 Å². The van der Waals surface area contributed by atoms with Crippen molar-refractivity contribution in [3.63, 3.8) is 0 Å². The van der Waals surface area contributed by atoms with Gasteiger partial charge in [-0.15, -0.1) is 0 Å². The highest BCUT2D eigenvalue weighted by Crippen LogP contribution is 2.03. The zero-order valence-corrected chi connectivity index (χ0v) is 13.9. The van der Waals surface area contributed by atoms with E-state index in [4.69, 9.17) is 45.8 Å².